The van der Waals surface area contributed by atoms with E-state index in [1.807, 2.05) is 43.3 Å². The molecular weight excluding hydrogens is 380 g/mol. The van der Waals surface area contributed by atoms with Crippen LogP contribution in [-0.4, -0.2) is 36.1 Å². The second-order valence-electron chi connectivity index (χ2n) is 6.45. The van der Waals surface area contributed by atoms with Crippen molar-refractivity contribution in [1.29, 1.82) is 5.26 Å². The first-order valence-corrected chi connectivity index (χ1v) is 9.36. The molecule has 8 nitrogen and oxygen atoms in total. The molecule has 1 amide bonds. The van der Waals surface area contributed by atoms with Gasteiger partial charge in [0.05, 0.1) is 18.7 Å². The molecule has 8 heteroatoms. The molecule has 0 aliphatic rings. The Bertz CT molecular complexity index is 1060. The molecule has 2 aromatic carbocycles. The van der Waals surface area contributed by atoms with Gasteiger partial charge >= 0.3 is 0 Å². The number of aromatic nitrogens is 2. The lowest BCUT2D eigenvalue weighted by Crippen LogP contribution is -2.29. The highest BCUT2D eigenvalue weighted by Crippen LogP contribution is 2.19. The third kappa shape index (κ3) is 5.69. The Morgan fingerprint density at radius 2 is 1.90 bits per heavy atom. The topological polar surface area (TPSA) is 112 Å². The molecule has 1 aromatic heterocycles. The highest BCUT2D eigenvalue weighted by Gasteiger charge is 2.06. The van der Waals surface area contributed by atoms with E-state index in [9.17, 15) is 4.79 Å². The summed E-state index contributed by atoms with van der Waals surface area (Å²) < 4.78 is 5.16. The molecule has 152 valence electrons. The molecule has 0 fully saturated rings. The van der Waals surface area contributed by atoms with Crippen molar-refractivity contribution in [2.24, 2.45) is 0 Å². The Labute approximate surface area is 174 Å². The summed E-state index contributed by atoms with van der Waals surface area (Å²) in [5.74, 6) is 1.67. The van der Waals surface area contributed by atoms with E-state index in [1.165, 1.54) is 0 Å². The summed E-state index contributed by atoms with van der Waals surface area (Å²) in [5, 5.41) is 18.1. The van der Waals surface area contributed by atoms with Gasteiger partial charge in [0, 0.05) is 36.1 Å². The zero-order chi connectivity index (χ0) is 21.3. The SMILES string of the molecule is COc1ccc(Nc2cc(C)nc(NCCNC(=O)c3cccc(C#N)c3)n2)cc1. The number of nitrogens with zero attached hydrogens (tertiary/aromatic N) is 3. The van der Waals surface area contributed by atoms with Crippen molar-refractivity contribution in [1.82, 2.24) is 15.3 Å². The maximum absolute atomic E-state index is 12.2. The second-order valence-corrected chi connectivity index (χ2v) is 6.45. The lowest BCUT2D eigenvalue weighted by Gasteiger charge is -2.11. The number of amides is 1. The van der Waals surface area contributed by atoms with Crippen molar-refractivity contribution in [3.8, 4) is 11.8 Å². The number of methoxy groups -OCH3 is 1. The average molecular weight is 402 g/mol. The van der Waals surface area contributed by atoms with Gasteiger partial charge in [0.1, 0.15) is 11.6 Å². The van der Waals surface area contributed by atoms with Crippen LogP contribution in [0.3, 0.4) is 0 Å². The Kier molecular flexibility index (Phi) is 6.79. The first kappa shape index (κ1) is 20.6. The maximum atomic E-state index is 12.2. The molecule has 0 bridgehead atoms. The van der Waals surface area contributed by atoms with Gasteiger partial charge in [-0.2, -0.15) is 10.2 Å². The number of hydrogen-bond donors (Lipinski definition) is 3. The van der Waals surface area contributed by atoms with Gasteiger partial charge in [-0.15, -0.1) is 0 Å². The zero-order valence-electron chi connectivity index (χ0n) is 16.8. The number of anilines is 3. The van der Waals surface area contributed by atoms with Crippen molar-refractivity contribution in [2.75, 3.05) is 30.8 Å². The first-order chi connectivity index (χ1) is 14.6. The van der Waals surface area contributed by atoms with Crippen LogP contribution in [0.1, 0.15) is 21.6 Å². The molecule has 3 N–H and O–H groups in total. The largest absolute Gasteiger partial charge is 0.497 e. The van der Waals surface area contributed by atoms with Crippen molar-refractivity contribution in [3.05, 3.63) is 71.4 Å². The molecule has 0 radical (unpaired) electrons. The first-order valence-electron chi connectivity index (χ1n) is 9.36. The fourth-order valence-electron chi connectivity index (χ4n) is 2.72. The number of benzene rings is 2. The molecule has 1 heterocycles. The number of carbonyl (C=O) groups excluding carboxylic acids is 1. The van der Waals surface area contributed by atoms with E-state index in [1.54, 1.807) is 31.4 Å². The number of rotatable bonds is 8. The van der Waals surface area contributed by atoms with Crippen LogP contribution in [0.15, 0.2) is 54.6 Å². The van der Waals surface area contributed by atoms with Crippen LogP contribution in [0.4, 0.5) is 17.5 Å². The van der Waals surface area contributed by atoms with E-state index in [2.05, 4.69) is 25.9 Å². The number of ether oxygens (including phenoxy) is 1. The third-order valence-electron chi connectivity index (χ3n) is 4.16. The molecule has 0 spiro atoms. The van der Waals surface area contributed by atoms with Gasteiger partial charge in [-0.25, -0.2) is 4.98 Å². The molecule has 30 heavy (non-hydrogen) atoms. The summed E-state index contributed by atoms with van der Waals surface area (Å²) in [6, 6.07) is 18.0. The van der Waals surface area contributed by atoms with Crippen molar-refractivity contribution >= 4 is 23.4 Å². The van der Waals surface area contributed by atoms with Crippen LogP contribution in [0, 0.1) is 18.3 Å². The summed E-state index contributed by atoms with van der Waals surface area (Å²) in [7, 11) is 1.63. The standard InChI is InChI=1S/C22H22N6O2/c1-15-12-20(27-18-6-8-19(30-2)9-7-18)28-22(26-15)25-11-10-24-21(29)17-5-3-4-16(13-17)14-23/h3-9,12-13H,10-11H2,1-2H3,(H,24,29)(H2,25,26,27,28). The number of nitriles is 1. The van der Waals surface area contributed by atoms with Crippen LogP contribution >= 0.6 is 0 Å². The Hall–Kier alpha value is -4.12. The molecule has 3 rings (SSSR count). The number of hydrogen-bond acceptors (Lipinski definition) is 7. The van der Waals surface area contributed by atoms with Crippen LogP contribution < -0.4 is 20.7 Å². The monoisotopic (exact) mass is 402 g/mol. The molecule has 0 saturated carbocycles. The molecule has 0 aliphatic carbocycles. The van der Waals surface area contributed by atoms with Gasteiger partial charge in [-0.05, 0) is 49.4 Å². The van der Waals surface area contributed by atoms with Crippen molar-refractivity contribution < 1.29 is 9.53 Å². The van der Waals surface area contributed by atoms with E-state index in [4.69, 9.17) is 10.00 Å². The molecule has 3 aromatic rings. The molecule has 0 aliphatic heterocycles. The fraction of sp³-hybridized carbons (Fsp3) is 0.182. The van der Waals surface area contributed by atoms with Gasteiger partial charge in [0.15, 0.2) is 0 Å². The zero-order valence-corrected chi connectivity index (χ0v) is 16.8. The summed E-state index contributed by atoms with van der Waals surface area (Å²) in [6.45, 7) is 2.72. The fourth-order valence-corrected chi connectivity index (χ4v) is 2.72. The summed E-state index contributed by atoms with van der Waals surface area (Å²) in [5.41, 5.74) is 2.59. The number of aryl methyl sites for hydroxylation is 1. The van der Waals surface area contributed by atoms with E-state index in [-0.39, 0.29) is 5.91 Å². The smallest absolute Gasteiger partial charge is 0.251 e. The molecule has 0 saturated heterocycles. The van der Waals surface area contributed by atoms with E-state index in [0.717, 1.165) is 17.1 Å². The summed E-state index contributed by atoms with van der Waals surface area (Å²) >= 11 is 0. The lowest BCUT2D eigenvalue weighted by atomic mass is 10.1. The van der Waals surface area contributed by atoms with Gasteiger partial charge in [-0.3, -0.25) is 4.79 Å². The number of carbonyl (C=O) groups is 1. The lowest BCUT2D eigenvalue weighted by molar-refractivity contribution is 0.0955. The predicted octanol–water partition coefficient (Wildman–Crippen LogP) is 3.25. The number of nitrogens with one attached hydrogen (secondary N) is 3. The molecule has 0 atom stereocenters. The van der Waals surface area contributed by atoms with E-state index >= 15 is 0 Å². The predicted molar refractivity (Wildman–Crippen MR) is 115 cm³/mol. The average Bonchev–Trinajstić information content (AvgIpc) is 2.77. The Balaban J connectivity index is 1.53. The Morgan fingerprint density at radius 1 is 1.10 bits per heavy atom. The highest BCUT2D eigenvalue weighted by molar-refractivity contribution is 5.94. The minimum absolute atomic E-state index is 0.235. The normalized spacial score (nSPS) is 10.0. The quantitative estimate of drug-likeness (QED) is 0.496. The van der Waals surface area contributed by atoms with Gasteiger partial charge < -0.3 is 20.7 Å². The second kappa shape index (κ2) is 9.89. The van der Waals surface area contributed by atoms with Crippen molar-refractivity contribution in [3.63, 3.8) is 0 Å². The maximum Gasteiger partial charge on any atom is 0.251 e. The highest BCUT2D eigenvalue weighted by atomic mass is 16.5. The third-order valence-corrected chi connectivity index (χ3v) is 4.16. The minimum atomic E-state index is -0.235. The van der Waals surface area contributed by atoms with E-state index in [0.29, 0.717) is 36.0 Å². The van der Waals surface area contributed by atoms with Gasteiger partial charge in [0.2, 0.25) is 5.95 Å². The van der Waals surface area contributed by atoms with E-state index < -0.39 is 0 Å². The van der Waals surface area contributed by atoms with Gasteiger partial charge in [0.25, 0.3) is 5.91 Å². The van der Waals surface area contributed by atoms with Crippen LogP contribution in [0.25, 0.3) is 0 Å². The molecule has 0 unspecified atom stereocenters. The van der Waals surface area contributed by atoms with Crippen LogP contribution in [0.5, 0.6) is 5.75 Å². The van der Waals surface area contributed by atoms with Crippen LogP contribution in [0.2, 0.25) is 0 Å². The van der Waals surface area contributed by atoms with Crippen LogP contribution in [-0.2, 0) is 0 Å². The molecular formula is C22H22N6O2. The van der Waals surface area contributed by atoms with Gasteiger partial charge in [-0.1, -0.05) is 6.07 Å². The summed E-state index contributed by atoms with van der Waals surface area (Å²) in [4.78, 5) is 21.0. The Morgan fingerprint density at radius 3 is 2.63 bits per heavy atom. The minimum Gasteiger partial charge on any atom is -0.497 e. The van der Waals surface area contributed by atoms with Crippen molar-refractivity contribution in [2.45, 2.75) is 6.92 Å². The summed E-state index contributed by atoms with van der Waals surface area (Å²) in [6.07, 6.45) is 0.